The van der Waals surface area contributed by atoms with E-state index in [4.69, 9.17) is 10.5 Å². The first-order chi connectivity index (χ1) is 6.77. The zero-order valence-corrected chi connectivity index (χ0v) is 9.96. The number of halogens is 1. The van der Waals surface area contributed by atoms with E-state index < -0.39 is 0 Å². The topological polar surface area (TPSA) is 35.2 Å². The molecule has 0 amide bonds. The van der Waals surface area contributed by atoms with Crippen molar-refractivity contribution in [2.24, 2.45) is 5.73 Å². The molecule has 0 aromatic heterocycles. The Kier molecular flexibility index (Phi) is 5.15. The van der Waals surface area contributed by atoms with Crippen molar-refractivity contribution in [3.63, 3.8) is 0 Å². The summed E-state index contributed by atoms with van der Waals surface area (Å²) >= 11 is 3.42. The molecule has 0 aliphatic rings. The quantitative estimate of drug-likeness (QED) is 0.880. The van der Waals surface area contributed by atoms with Crippen LogP contribution in [0.3, 0.4) is 0 Å². The fraction of sp³-hybridized carbons (Fsp3) is 0.455. The van der Waals surface area contributed by atoms with E-state index in [0.29, 0.717) is 12.5 Å². The molecule has 2 nitrogen and oxygen atoms in total. The molecule has 14 heavy (non-hydrogen) atoms. The summed E-state index contributed by atoms with van der Waals surface area (Å²) in [5.41, 5.74) is 6.85. The van der Waals surface area contributed by atoms with Crippen molar-refractivity contribution in [1.82, 2.24) is 0 Å². The molecule has 1 aromatic carbocycles. The summed E-state index contributed by atoms with van der Waals surface area (Å²) in [5.74, 6) is 0.415. The van der Waals surface area contributed by atoms with Gasteiger partial charge in [0.25, 0.3) is 0 Å². The zero-order valence-electron chi connectivity index (χ0n) is 8.37. The van der Waals surface area contributed by atoms with Gasteiger partial charge in [0.15, 0.2) is 0 Å². The lowest BCUT2D eigenvalue weighted by atomic mass is 9.97. The van der Waals surface area contributed by atoms with Gasteiger partial charge >= 0.3 is 0 Å². The Morgan fingerprint density at radius 3 is 2.50 bits per heavy atom. The van der Waals surface area contributed by atoms with Crippen LogP contribution in [-0.4, -0.2) is 20.3 Å². The van der Waals surface area contributed by atoms with Crippen LogP contribution in [0.25, 0.3) is 0 Å². The van der Waals surface area contributed by atoms with Crippen molar-refractivity contribution < 1.29 is 4.74 Å². The smallest absolute Gasteiger partial charge is 0.0531 e. The van der Waals surface area contributed by atoms with Gasteiger partial charge in [0.05, 0.1) is 6.61 Å². The molecule has 0 aliphatic heterocycles. The molecule has 0 spiro atoms. The summed E-state index contributed by atoms with van der Waals surface area (Å²) in [6.07, 6.45) is 0.968. The maximum Gasteiger partial charge on any atom is 0.0531 e. The first-order valence-corrected chi connectivity index (χ1v) is 5.51. The highest BCUT2D eigenvalue weighted by Crippen LogP contribution is 2.21. The van der Waals surface area contributed by atoms with E-state index in [9.17, 15) is 0 Å². The van der Waals surface area contributed by atoms with Crippen molar-refractivity contribution in [2.45, 2.75) is 12.3 Å². The van der Waals surface area contributed by atoms with E-state index in [2.05, 4.69) is 40.2 Å². The lowest BCUT2D eigenvalue weighted by Gasteiger charge is -2.15. The maximum absolute atomic E-state index is 5.56. The van der Waals surface area contributed by atoms with Crippen LogP contribution < -0.4 is 5.73 Å². The molecule has 0 radical (unpaired) electrons. The van der Waals surface area contributed by atoms with Crippen molar-refractivity contribution in [1.29, 1.82) is 0 Å². The first kappa shape index (κ1) is 11.7. The van der Waals surface area contributed by atoms with E-state index in [-0.39, 0.29) is 0 Å². The zero-order chi connectivity index (χ0) is 10.4. The minimum Gasteiger partial charge on any atom is -0.384 e. The van der Waals surface area contributed by atoms with Gasteiger partial charge < -0.3 is 10.5 Å². The third kappa shape index (κ3) is 3.40. The van der Waals surface area contributed by atoms with Gasteiger partial charge in [-0.25, -0.2) is 0 Å². The number of nitrogens with two attached hydrogens (primary N) is 1. The number of hydrogen-bond donors (Lipinski definition) is 1. The molecule has 1 atom stereocenters. The highest BCUT2D eigenvalue weighted by atomic mass is 79.9. The number of ether oxygens (including phenoxy) is 1. The highest BCUT2D eigenvalue weighted by molar-refractivity contribution is 9.10. The predicted octanol–water partition coefficient (Wildman–Crippen LogP) is 2.53. The first-order valence-electron chi connectivity index (χ1n) is 4.72. The fourth-order valence-electron chi connectivity index (χ4n) is 1.48. The lowest BCUT2D eigenvalue weighted by molar-refractivity contribution is 0.176. The lowest BCUT2D eigenvalue weighted by Crippen LogP contribution is -2.12. The molecular formula is C11H16BrNO. The van der Waals surface area contributed by atoms with Gasteiger partial charge in [0.1, 0.15) is 0 Å². The summed E-state index contributed by atoms with van der Waals surface area (Å²) in [7, 11) is 1.72. The second-order valence-electron chi connectivity index (χ2n) is 3.28. The van der Waals surface area contributed by atoms with Crippen molar-refractivity contribution in [3.05, 3.63) is 34.3 Å². The molecule has 0 aliphatic carbocycles. The van der Waals surface area contributed by atoms with Crippen LogP contribution in [0.5, 0.6) is 0 Å². The average molecular weight is 258 g/mol. The van der Waals surface area contributed by atoms with Crippen molar-refractivity contribution in [3.8, 4) is 0 Å². The largest absolute Gasteiger partial charge is 0.384 e. The van der Waals surface area contributed by atoms with Gasteiger partial charge in [-0.2, -0.15) is 0 Å². The molecular weight excluding hydrogens is 242 g/mol. The molecule has 78 valence electrons. The van der Waals surface area contributed by atoms with Crippen molar-refractivity contribution in [2.75, 3.05) is 20.3 Å². The Morgan fingerprint density at radius 1 is 1.36 bits per heavy atom. The summed E-state index contributed by atoms with van der Waals surface area (Å²) in [5, 5.41) is 0. The second-order valence-corrected chi connectivity index (χ2v) is 4.20. The molecule has 2 N–H and O–H groups in total. The SMILES string of the molecule is COCC(CCN)c1ccc(Br)cc1. The number of hydrogen-bond acceptors (Lipinski definition) is 2. The Bertz CT molecular complexity index is 254. The Morgan fingerprint density at radius 2 is 2.00 bits per heavy atom. The van der Waals surface area contributed by atoms with Gasteiger partial charge in [-0.3, -0.25) is 0 Å². The molecule has 1 aromatic rings. The van der Waals surface area contributed by atoms with E-state index in [1.165, 1.54) is 5.56 Å². The molecule has 1 rings (SSSR count). The standard InChI is InChI=1S/C11H16BrNO/c1-14-8-10(6-7-13)9-2-4-11(12)5-3-9/h2-5,10H,6-8,13H2,1H3. The summed E-state index contributed by atoms with van der Waals surface area (Å²) in [6.45, 7) is 1.43. The molecule has 0 heterocycles. The highest BCUT2D eigenvalue weighted by Gasteiger charge is 2.09. The second kappa shape index (κ2) is 6.17. The number of methoxy groups -OCH3 is 1. The Hall–Kier alpha value is -0.380. The van der Waals surface area contributed by atoms with Crippen LogP contribution >= 0.6 is 15.9 Å². The molecule has 1 unspecified atom stereocenters. The minimum atomic E-state index is 0.415. The van der Waals surface area contributed by atoms with Gasteiger partial charge in [-0.1, -0.05) is 28.1 Å². The average Bonchev–Trinajstić information content (AvgIpc) is 2.19. The third-order valence-corrected chi connectivity index (χ3v) is 2.75. The van der Waals surface area contributed by atoms with Gasteiger partial charge in [0, 0.05) is 17.5 Å². The summed E-state index contributed by atoms with van der Waals surface area (Å²) < 4.78 is 6.28. The molecule has 0 bridgehead atoms. The van der Waals surface area contributed by atoms with E-state index in [1.54, 1.807) is 7.11 Å². The Balaban J connectivity index is 2.71. The molecule has 0 fully saturated rings. The van der Waals surface area contributed by atoms with E-state index in [1.807, 2.05) is 0 Å². The van der Waals surface area contributed by atoms with Crippen LogP contribution in [0.1, 0.15) is 17.9 Å². The van der Waals surface area contributed by atoms with Crippen LogP contribution in [0.2, 0.25) is 0 Å². The normalized spacial score (nSPS) is 12.8. The van der Waals surface area contributed by atoms with Gasteiger partial charge in [-0.15, -0.1) is 0 Å². The monoisotopic (exact) mass is 257 g/mol. The summed E-state index contributed by atoms with van der Waals surface area (Å²) in [4.78, 5) is 0. The van der Waals surface area contributed by atoms with Crippen LogP contribution in [-0.2, 0) is 4.74 Å². The number of rotatable bonds is 5. The molecule has 3 heteroatoms. The van der Waals surface area contributed by atoms with Crippen molar-refractivity contribution >= 4 is 15.9 Å². The molecule has 0 saturated heterocycles. The van der Waals surface area contributed by atoms with E-state index >= 15 is 0 Å². The predicted molar refractivity (Wildman–Crippen MR) is 62.4 cm³/mol. The minimum absolute atomic E-state index is 0.415. The Labute approximate surface area is 93.6 Å². The summed E-state index contributed by atoms with van der Waals surface area (Å²) in [6, 6.07) is 8.33. The fourth-order valence-corrected chi connectivity index (χ4v) is 1.75. The van der Waals surface area contributed by atoms with Gasteiger partial charge in [0.2, 0.25) is 0 Å². The van der Waals surface area contributed by atoms with Crippen LogP contribution in [0, 0.1) is 0 Å². The van der Waals surface area contributed by atoms with Crippen LogP contribution in [0.4, 0.5) is 0 Å². The number of benzene rings is 1. The van der Waals surface area contributed by atoms with Crippen LogP contribution in [0.15, 0.2) is 28.7 Å². The van der Waals surface area contributed by atoms with E-state index in [0.717, 1.165) is 17.5 Å². The maximum atomic E-state index is 5.56. The van der Waals surface area contributed by atoms with Gasteiger partial charge in [-0.05, 0) is 30.7 Å². The third-order valence-electron chi connectivity index (χ3n) is 2.22. The molecule has 0 saturated carbocycles.